The van der Waals surface area contributed by atoms with E-state index >= 15 is 0 Å². The number of piperidine rings is 1. The fourth-order valence-electron chi connectivity index (χ4n) is 5.49. The van der Waals surface area contributed by atoms with Gasteiger partial charge in [-0.1, -0.05) is 42.5 Å². The van der Waals surface area contributed by atoms with Gasteiger partial charge in [-0.25, -0.2) is 4.98 Å². The molecule has 4 aromatic rings. The molecule has 0 unspecified atom stereocenters. The van der Waals surface area contributed by atoms with E-state index in [4.69, 9.17) is 9.72 Å². The molecule has 1 N–H and O–H groups in total. The number of hydrogen-bond donors (Lipinski definition) is 1. The van der Waals surface area contributed by atoms with Crippen LogP contribution in [0.2, 0.25) is 0 Å². The topological polar surface area (TPSA) is 89.3 Å². The van der Waals surface area contributed by atoms with Gasteiger partial charge in [-0.05, 0) is 55.5 Å². The van der Waals surface area contributed by atoms with Crippen LogP contribution in [0.1, 0.15) is 41.2 Å². The summed E-state index contributed by atoms with van der Waals surface area (Å²) in [7, 11) is 0. The second-order valence-electron chi connectivity index (χ2n) is 10.1. The molecule has 0 bridgehead atoms. The molecule has 2 aromatic carbocycles. The van der Waals surface area contributed by atoms with Crippen molar-refractivity contribution in [3.8, 4) is 11.1 Å². The molecule has 2 aliphatic heterocycles. The summed E-state index contributed by atoms with van der Waals surface area (Å²) in [5.41, 5.74) is 3.91. The summed E-state index contributed by atoms with van der Waals surface area (Å²) in [6, 6.07) is 19.3. The number of fused-ring (bicyclic) bond motifs is 1. The zero-order valence-electron chi connectivity index (χ0n) is 21.5. The van der Waals surface area contributed by atoms with E-state index < -0.39 is 0 Å². The third kappa shape index (κ3) is 4.67. The van der Waals surface area contributed by atoms with Crippen molar-refractivity contribution in [2.45, 2.75) is 38.3 Å². The molecule has 38 heavy (non-hydrogen) atoms. The van der Waals surface area contributed by atoms with Crippen LogP contribution in [0.15, 0.2) is 71.7 Å². The summed E-state index contributed by atoms with van der Waals surface area (Å²) in [5, 5.41) is 4.28. The van der Waals surface area contributed by atoms with Gasteiger partial charge < -0.3 is 15.0 Å². The first-order valence-corrected chi connectivity index (χ1v) is 13.3. The number of rotatable bonds is 5. The number of carbonyl (C=O) groups excluding carboxylic acids is 1. The van der Waals surface area contributed by atoms with E-state index in [2.05, 4.69) is 10.3 Å². The lowest BCUT2D eigenvalue weighted by Crippen LogP contribution is -2.42. The van der Waals surface area contributed by atoms with Gasteiger partial charge in [0.2, 0.25) is 5.95 Å². The molecule has 2 fully saturated rings. The normalized spacial score (nSPS) is 18.1. The highest BCUT2D eigenvalue weighted by molar-refractivity contribution is 5.94. The predicted octanol–water partition coefficient (Wildman–Crippen LogP) is 4.45. The van der Waals surface area contributed by atoms with Crippen molar-refractivity contribution >= 4 is 22.9 Å². The van der Waals surface area contributed by atoms with Crippen molar-refractivity contribution in [2.24, 2.45) is 0 Å². The number of ether oxygens (including phenoxy) is 1. The van der Waals surface area contributed by atoms with E-state index in [1.54, 1.807) is 10.8 Å². The van der Waals surface area contributed by atoms with Crippen LogP contribution in [-0.4, -0.2) is 57.7 Å². The number of anilines is 1. The van der Waals surface area contributed by atoms with E-state index in [-0.39, 0.29) is 23.6 Å². The van der Waals surface area contributed by atoms with Gasteiger partial charge in [0.1, 0.15) is 5.65 Å². The van der Waals surface area contributed by atoms with Crippen molar-refractivity contribution in [1.82, 2.24) is 19.4 Å². The van der Waals surface area contributed by atoms with Gasteiger partial charge in [-0.15, -0.1) is 0 Å². The van der Waals surface area contributed by atoms with Crippen LogP contribution in [0, 0.1) is 6.92 Å². The number of carbonyl (C=O) groups is 1. The Morgan fingerprint density at radius 3 is 2.50 bits per heavy atom. The third-order valence-corrected chi connectivity index (χ3v) is 7.62. The maximum Gasteiger partial charge on any atom is 0.260 e. The highest BCUT2D eigenvalue weighted by atomic mass is 16.5. The molecule has 8 heteroatoms. The first kappa shape index (κ1) is 24.3. The average Bonchev–Trinajstić information content (AvgIpc) is 3.48. The SMILES string of the molecule is Cc1ccccc1-c1cc2cnc(NC3CCN(C(=O)c4ccccc4)CC3)nc2n([C@@H]2CCOC2)c1=O. The van der Waals surface area contributed by atoms with Gasteiger partial charge in [-0.3, -0.25) is 14.2 Å². The number of hydrogen-bond acceptors (Lipinski definition) is 6. The molecule has 0 saturated carbocycles. The summed E-state index contributed by atoms with van der Waals surface area (Å²) in [4.78, 5) is 38.0. The molecule has 194 valence electrons. The molecule has 4 heterocycles. The van der Waals surface area contributed by atoms with Crippen molar-refractivity contribution < 1.29 is 9.53 Å². The Morgan fingerprint density at radius 1 is 1.00 bits per heavy atom. The lowest BCUT2D eigenvalue weighted by Gasteiger charge is -2.32. The zero-order chi connectivity index (χ0) is 26.1. The molecule has 2 aromatic heterocycles. The molecule has 1 amide bonds. The maximum atomic E-state index is 13.8. The minimum absolute atomic E-state index is 0.0558. The minimum atomic E-state index is -0.0658. The van der Waals surface area contributed by atoms with Crippen LogP contribution in [0.4, 0.5) is 5.95 Å². The van der Waals surface area contributed by atoms with Crippen molar-refractivity contribution in [3.05, 3.63) is 88.3 Å². The second kappa shape index (κ2) is 10.4. The van der Waals surface area contributed by atoms with Crippen LogP contribution in [0.5, 0.6) is 0 Å². The molecule has 8 nitrogen and oxygen atoms in total. The number of aryl methyl sites for hydroxylation is 1. The van der Waals surface area contributed by atoms with Crippen molar-refractivity contribution in [1.29, 1.82) is 0 Å². The van der Waals surface area contributed by atoms with Gasteiger partial charge in [0.05, 0.1) is 12.6 Å². The lowest BCUT2D eigenvalue weighted by molar-refractivity contribution is 0.0718. The number of aromatic nitrogens is 3. The van der Waals surface area contributed by atoms with E-state index in [0.29, 0.717) is 43.5 Å². The Kier molecular flexibility index (Phi) is 6.64. The first-order valence-electron chi connectivity index (χ1n) is 13.3. The molecule has 2 aliphatic rings. The number of benzene rings is 2. The zero-order valence-corrected chi connectivity index (χ0v) is 21.5. The van der Waals surface area contributed by atoms with Crippen LogP contribution in [0.25, 0.3) is 22.2 Å². The largest absolute Gasteiger partial charge is 0.379 e. The fourth-order valence-corrected chi connectivity index (χ4v) is 5.49. The number of pyridine rings is 1. The average molecular weight is 510 g/mol. The smallest absolute Gasteiger partial charge is 0.260 e. The Morgan fingerprint density at radius 2 is 1.76 bits per heavy atom. The maximum absolute atomic E-state index is 13.8. The molecule has 2 saturated heterocycles. The van der Waals surface area contributed by atoms with E-state index in [0.717, 1.165) is 41.3 Å². The summed E-state index contributed by atoms with van der Waals surface area (Å²) >= 11 is 0. The van der Waals surface area contributed by atoms with Gasteiger partial charge in [-0.2, -0.15) is 4.98 Å². The van der Waals surface area contributed by atoms with Gasteiger partial charge in [0.15, 0.2) is 0 Å². The standard InChI is InChI=1S/C30H31N5O3/c1-20-7-5-6-10-25(20)26-17-22-18-31-30(33-27(22)35(29(26)37)24-13-16-38-19-24)32-23-11-14-34(15-12-23)28(36)21-8-3-2-4-9-21/h2-10,17-18,23-24H,11-16,19H2,1H3,(H,31,32,33)/t24-/m1/s1. The second-order valence-corrected chi connectivity index (χ2v) is 10.1. The van der Waals surface area contributed by atoms with Crippen LogP contribution < -0.4 is 10.9 Å². The summed E-state index contributed by atoms with van der Waals surface area (Å²) in [6.45, 7) is 4.48. The highest BCUT2D eigenvalue weighted by Crippen LogP contribution is 2.28. The Bertz CT molecular complexity index is 1520. The van der Waals surface area contributed by atoms with Crippen LogP contribution in [-0.2, 0) is 4.74 Å². The molecule has 0 radical (unpaired) electrons. The summed E-state index contributed by atoms with van der Waals surface area (Å²) in [5.74, 6) is 0.569. The molecule has 6 rings (SSSR count). The predicted molar refractivity (Wildman–Crippen MR) is 147 cm³/mol. The van der Waals surface area contributed by atoms with E-state index in [1.807, 2.05) is 72.5 Å². The summed E-state index contributed by atoms with van der Waals surface area (Å²) in [6.07, 6.45) is 4.17. The summed E-state index contributed by atoms with van der Waals surface area (Å²) < 4.78 is 7.45. The van der Waals surface area contributed by atoms with Crippen molar-refractivity contribution in [3.63, 3.8) is 0 Å². The highest BCUT2D eigenvalue weighted by Gasteiger charge is 2.26. The molecule has 0 aliphatic carbocycles. The molecule has 1 atom stereocenters. The number of nitrogens with zero attached hydrogens (tertiary/aromatic N) is 4. The van der Waals surface area contributed by atoms with Crippen LogP contribution >= 0.6 is 0 Å². The lowest BCUT2D eigenvalue weighted by atomic mass is 10.0. The van der Waals surface area contributed by atoms with Gasteiger partial charge >= 0.3 is 0 Å². The molecular formula is C30H31N5O3. The van der Waals surface area contributed by atoms with Crippen molar-refractivity contribution in [2.75, 3.05) is 31.6 Å². The number of amides is 1. The quantitative estimate of drug-likeness (QED) is 0.428. The molecule has 0 spiro atoms. The Labute approximate surface area is 221 Å². The fraction of sp³-hybridized carbons (Fsp3) is 0.333. The van der Waals surface area contributed by atoms with Gasteiger partial charge in [0, 0.05) is 48.4 Å². The number of nitrogens with one attached hydrogen (secondary N) is 1. The van der Waals surface area contributed by atoms with E-state index in [1.165, 1.54) is 0 Å². The Balaban J connectivity index is 1.27. The molecular weight excluding hydrogens is 478 g/mol. The minimum Gasteiger partial charge on any atom is -0.379 e. The number of likely N-dealkylation sites (tertiary alicyclic amines) is 1. The third-order valence-electron chi connectivity index (χ3n) is 7.62. The van der Waals surface area contributed by atoms with Gasteiger partial charge in [0.25, 0.3) is 11.5 Å². The monoisotopic (exact) mass is 509 g/mol. The first-order chi connectivity index (χ1) is 18.6. The van der Waals surface area contributed by atoms with E-state index in [9.17, 15) is 9.59 Å². The Hall–Kier alpha value is -4.04. The van der Waals surface area contributed by atoms with Crippen LogP contribution in [0.3, 0.4) is 0 Å².